The lowest BCUT2D eigenvalue weighted by atomic mass is 9.88. The SMILES string of the molecule is CN1C(=O)c2ccc3c4c(ccc(c24)C1=O)C1OC1N(C)C3=O. The monoisotopic (exact) mass is 308 g/mol. The third kappa shape index (κ3) is 1.35. The van der Waals surface area contributed by atoms with E-state index in [0.717, 1.165) is 10.5 Å². The fraction of sp³-hybridized carbons (Fsp3) is 0.235. The predicted molar refractivity (Wildman–Crippen MR) is 80.1 cm³/mol. The van der Waals surface area contributed by atoms with E-state index in [4.69, 9.17) is 4.74 Å². The number of amides is 3. The van der Waals surface area contributed by atoms with Gasteiger partial charge in [0, 0.05) is 41.6 Å². The number of nitrogens with zero attached hydrogens (tertiary/aromatic N) is 2. The van der Waals surface area contributed by atoms with Crippen molar-refractivity contribution < 1.29 is 19.1 Å². The van der Waals surface area contributed by atoms with Crippen LogP contribution in [0.4, 0.5) is 0 Å². The number of likely N-dealkylation sites (N-methyl/N-ethyl adjacent to an activating group) is 1. The van der Waals surface area contributed by atoms with Gasteiger partial charge >= 0.3 is 0 Å². The molecule has 2 aromatic rings. The maximum atomic E-state index is 12.7. The zero-order valence-corrected chi connectivity index (χ0v) is 12.5. The smallest absolute Gasteiger partial charge is 0.261 e. The number of rotatable bonds is 0. The number of ether oxygens (including phenoxy) is 1. The van der Waals surface area contributed by atoms with Gasteiger partial charge in [0.1, 0.15) is 6.10 Å². The molecule has 6 heteroatoms. The summed E-state index contributed by atoms with van der Waals surface area (Å²) in [6, 6.07) is 6.88. The number of hydrogen-bond acceptors (Lipinski definition) is 4. The Kier molecular flexibility index (Phi) is 2.10. The van der Waals surface area contributed by atoms with Crippen molar-refractivity contribution in [3.8, 4) is 0 Å². The molecular weight excluding hydrogens is 296 g/mol. The van der Waals surface area contributed by atoms with Gasteiger partial charge in [-0.3, -0.25) is 19.3 Å². The van der Waals surface area contributed by atoms with Crippen molar-refractivity contribution in [3.05, 3.63) is 46.5 Å². The molecule has 0 N–H and O–H groups in total. The first-order valence-electron chi connectivity index (χ1n) is 7.35. The molecule has 5 rings (SSSR count). The molecule has 3 amide bonds. The zero-order chi connectivity index (χ0) is 16.0. The highest BCUT2D eigenvalue weighted by molar-refractivity contribution is 6.28. The second-order valence-electron chi connectivity index (χ2n) is 6.15. The molecule has 3 aliphatic rings. The van der Waals surface area contributed by atoms with Crippen LogP contribution in [0, 0.1) is 0 Å². The van der Waals surface area contributed by atoms with Crippen molar-refractivity contribution in [1.82, 2.24) is 9.80 Å². The second-order valence-corrected chi connectivity index (χ2v) is 6.15. The molecular formula is C17H12N2O4. The van der Waals surface area contributed by atoms with E-state index in [2.05, 4.69) is 0 Å². The van der Waals surface area contributed by atoms with Crippen LogP contribution in [0.5, 0.6) is 0 Å². The van der Waals surface area contributed by atoms with Crippen LogP contribution in [0.25, 0.3) is 10.8 Å². The fourth-order valence-electron chi connectivity index (χ4n) is 3.68. The van der Waals surface area contributed by atoms with Crippen LogP contribution in [0.15, 0.2) is 24.3 Å². The lowest BCUT2D eigenvalue weighted by Crippen LogP contribution is -2.37. The highest BCUT2D eigenvalue weighted by atomic mass is 16.6. The average Bonchev–Trinajstić information content (AvgIpc) is 3.36. The Morgan fingerprint density at radius 1 is 0.826 bits per heavy atom. The lowest BCUT2D eigenvalue weighted by molar-refractivity contribution is 0.0648. The Bertz CT molecular complexity index is 942. The van der Waals surface area contributed by atoms with Crippen LogP contribution in [0.2, 0.25) is 0 Å². The molecule has 114 valence electrons. The second kappa shape index (κ2) is 3.78. The summed E-state index contributed by atoms with van der Waals surface area (Å²) in [6.45, 7) is 0. The Hall–Kier alpha value is -2.73. The molecule has 3 heterocycles. The van der Waals surface area contributed by atoms with Crippen molar-refractivity contribution in [3.63, 3.8) is 0 Å². The number of carbonyl (C=O) groups is 3. The Morgan fingerprint density at radius 3 is 2.04 bits per heavy atom. The highest BCUT2D eigenvalue weighted by Gasteiger charge is 2.49. The van der Waals surface area contributed by atoms with Gasteiger partial charge in [-0.25, -0.2) is 0 Å². The highest BCUT2D eigenvalue weighted by Crippen LogP contribution is 2.48. The first kappa shape index (κ1) is 12.8. The van der Waals surface area contributed by atoms with E-state index in [1.807, 2.05) is 6.07 Å². The Morgan fingerprint density at radius 2 is 1.39 bits per heavy atom. The van der Waals surface area contributed by atoms with Crippen LogP contribution in [-0.4, -0.2) is 47.8 Å². The molecule has 2 unspecified atom stereocenters. The van der Waals surface area contributed by atoms with E-state index < -0.39 is 0 Å². The first-order chi connectivity index (χ1) is 11.0. The third-order valence-electron chi connectivity index (χ3n) is 4.97. The van der Waals surface area contributed by atoms with Crippen molar-refractivity contribution >= 4 is 28.5 Å². The number of benzene rings is 2. The molecule has 0 saturated carbocycles. The molecule has 0 radical (unpaired) electrons. The van der Waals surface area contributed by atoms with Crippen molar-refractivity contribution in [1.29, 1.82) is 0 Å². The molecule has 2 atom stereocenters. The van der Waals surface area contributed by atoms with Crippen molar-refractivity contribution in [2.24, 2.45) is 0 Å². The summed E-state index contributed by atoms with van der Waals surface area (Å²) in [4.78, 5) is 40.3. The summed E-state index contributed by atoms with van der Waals surface area (Å²) < 4.78 is 5.62. The number of hydrogen-bond donors (Lipinski definition) is 0. The summed E-state index contributed by atoms with van der Waals surface area (Å²) in [5.74, 6) is -0.840. The summed E-state index contributed by atoms with van der Waals surface area (Å²) >= 11 is 0. The normalized spacial score (nSPS) is 24.9. The zero-order valence-electron chi connectivity index (χ0n) is 12.5. The van der Waals surface area contributed by atoms with Gasteiger partial charge in [0.25, 0.3) is 17.7 Å². The van der Waals surface area contributed by atoms with E-state index in [-0.39, 0.29) is 30.1 Å². The standard InChI is InChI=1S/C17H12N2O4/c1-18-14(20)9-4-3-7-11-8(5-6-10(12(9)11)15(18)21)16(22)19(2)17-13(7)23-17/h3-6,13,17H,1-2H3. The average molecular weight is 308 g/mol. The van der Waals surface area contributed by atoms with Gasteiger partial charge in [-0.05, 0) is 23.8 Å². The number of fused-ring (bicyclic) bond motifs is 2. The van der Waals surface area contributed by atoms with Gasteiger partial charge in [0.2, 0.25) is 0 Å². The van der Waals surface area contributed by atoms with Crippen LogP contribution in [-0.2, 0) is 4.74 Å². The van der Waals surface area contributed by atoms with Gasteiger partial charge in [-0.2, -0.15) is 0 Å². The molecule has 1 fully saturated rings. The Labute approximate surface area is 131 Å². The molecule has 0 spiro atoms. The van der Waals surface area contributed by atoms with E-state index in [1.54, 1.807) is 30.1 Å². The van der Waals surface area contributed by atoms with E-state index in [9.17, 15) is 14.4 Å². The maximum Gasteiger partial charge on any atom is 0.261 e. The van der Waals surface area contributed by atoms with Gasteiger partial charge in [-0.15, -0.1) is 0 Å². The molecule has 6 nitrogen and oxygen atoms in total. The van der Waals surface area contributed by atoms with E-state index in [0.29, 0.717) is 27.5 Å². The van der Waals surface area contributed by atoms with Gasteiger partial charge < -0.3 is 9.64 Å². The summed E-state index contributed by atoms with van der Waals surface area (Å²) in [7, 11) is 3.17. The van der Waals surface area contributed by atoms with E-state index in [1.165, 1.54) is 7.05 Å². The fourth-order valence-corrected chi connectivity index (χ4v) is 3.68. The minimum Gasteiger partial charge on any atom is -0.342 e. The molecule has 0 aromatic heterocycles. The van der Waals surface area contributed by atoms with Crippen molar-refractivity contribution in [2.75, 3.05) is 14.1 Å². The Balaban J connectivity index is 1.97. The van der Waals surface area contributed by atoms with E-state index >= 15 is 0 Å². The van der Waals surface area contributed by atoms with Gasteiger partial charge in [-0.1, -0.05) is 6.07 Å². The summed E-state index contributed by atoms with van der Waals surface area (Å²) in [6.07, 6.45) is -0.469. The molecule has 1 saturated heterocycles. The minimum absolute atomic E-state index is 0.154. The predicted octanol–water partition coefficient (Wildman–Crippen LogP) is 1.55. The number of carbonyl (C=O) groups excluding carboxylic acids is 3. The molecule has 3 aliphatic heterocycles. The molecule has 23 heavy (non-hydrogen) atoms. The number of epoxide rings is 1. The van der Waals surface area contributed by atoms with Gasteiger partial charge in [0.15, 0.2) is 6.23 Å². The van der Waals surface area contributed by atoms with Crippen LogP contribution >= 0.6 is 0 Å². The quantitative estimate of drug-likeness (QED) is 0.547. The maximum absolute atomic E-state index is 12.7. The molecule has 2 aromatic carbocycles. The van der Waals surface area contributed by atoms with Crippen LogP contribution in [0.1, 0.15) is 42.7 Å². The third-order valence-corrected chi connectivity index (χ3v) is 4.97. The van der Waals surface area contributed by atoms with Crippen LogP contribution < -0.4 is 0 Å². The summed E-state index contributed by atoms with van der Waals surface area (Å²) in [5.41, 5.74) is 2.30. The lowest BCUT2D eigenvalue weighted by Gasteiger charge is -2.25. The van der Waals surface area contributed by atoms with Crippen LogP contribution in [0.3, 0.4) is 0 Å². The molecule has 0 aliphatic carbocycles. The number of imide groups is 1. The topological polar surface area (TPSA) is 70.2 Å². The largest absolute Gasteiger partial charge is 0.342 e. The summed E-state index contributed by atoms with van der Waals surface area (Å²) in [5, 5.41) is 1.25. The molecule has 0 bridgehead atoms. The minimum atomic E-state index is -0.343. The van der Waals surface area contributed by atoms with Gasteiger partial charge in [0.05, 0.1) is 0 Å². The first-order valence-corrected chi connectivity index (χ1v) is 7.35. The van der Waals surface area contributed by atoms with Crippen molar-refractivity contribution in [2.45, 2.75) is 12.3 Å².